The first-order chi connectivity index (χ1) is 10.2. The second-order valence-electron chi connectivity index (χ2n) is 5.56. The minimum Gasteiger partial charge on any atom is -0.366 e. The van der Waals surface area contributed by atoms with Crippen LogP contribution < -0.4 is 16.6 Å². The van der Waals surface area contributed by atoms with Gasteiger partial charge in [0.05, 0.1) is 0 Å². The molecule has 110 valence electrons. The number of benzene rings is 1. The highest BCUT2D eigenvalue weighted by Gasteiger charge is 2.26. The van der Waals surface area contributed by atoms with Crippen LogP contribution in [0, 0.1) is 0 Å². The van der Waals surface area contributed by atoms with E-state index in [2.05, 4.69) is 27.4 Å². The first-order valence-electron chi connectivity index (χ1n) is 7.36. The van der Waals surface area contributed by atoms with E-state index in [0.717, 1.165) is 25.1 Å². The quantitative estimate of drug-likeness (QED) is 0.753. The zero-order valence-electron chi connectivity index (χ0n) is 11.9. The molecule has 5 nitrogen and oxygen atoms in total. The molecular formula is C16H20N4O. The molecule has 0 aliphatic heterocycles. The molecule has 3 rings (SSSR count). The molecule has 0 spiro atoms. The fourth-order valence-corrected chi connectivity index (χ4v) is 2.40. The smallest absolute Gasteiger partial charge is 0.252 e. The van der Waals surface area contributed by atoms with Crippen molar-refractivity contribution in [2.75, 3.05) is 11.9 Å². The van der Waals surface area contributed by atoms with Crippen LogP contribution in [0.2, 0.25) is 0 Å². The standard InChI is InChI=1S/C16H20N4O/c17-10-13(8-11-4-2-1-3-5-11)18-14-9-15(21)20-16(19-14)12-6-7-12/h1-5,9,12-13H,6-8,10,17H2,(H2,18,19,20,21). The Labute approximate surface area is 123 Å². The SMILES string of the molecule is NCC(Cc1ccccc1)Nc1cc(=O)[nH]c(C2CC2)n1. The van der Waals surface area contributed by atoms with Crippen molar-refractivity contribution >= 4 is 5.82 Å². The maximum Gasteiger partial charge on any atom is 0.252 e. The summed E-state index contributed by atoms with van der Waals surface area (Å²) in [6.45, 7) is 0.488. The van der Waals surface area contributed by atoms with Gasteiger partial charge < -0.3 is 16.0 Å². The number of nitrogens with zero attached hydrogens (tertiary/aromatic N) is 1. The van der Waals surface area contributed by atoms with E-state index in [1.54, 1.807) is 0 Å². The van der Waals surface area contributed by atoms with Crippen molar-refractivity contribution < 1.29 is 0 Å². The van der Waals surface area contributed by atoms with Crippen LogP contribution in [0.25, 0.3) is 0 Å². The van der Waals surface area contributed by atoms with Crippen molar-refractivity contribution in [1.29, 1.82) is 0 Å². The van der Waals surface area contributed by atoms with Crippen LogP contribution in [-0.4, -0.2) is 22.6 Å². The third-order valence-electron chi connectivity index (χ3n) is 3.69. The molecule has 1 aliphatic carbocycles. The molecule has 2 aromatic rings. The predicted molar refractivity (Wildman–Crippen MR) is 83.4 cm³/mol. The lowest BCUT2D eigenvalue weighted by Crippen LogP contribution is -2.32. The molecule has 1 saturated carbocycles. The molecule has 5 heteroatoms. The van der Waals surface area contributed by atoms with Crippen molar-refractivity contribution in [3.8, 4) is 0 Å². The van der Waals surface area contributed by atoms with Gasteiger partial charge in [0.1, 0.15) is 11.6 Å². The van der Waals surface area contributed by atoms with E-state index in [1.807, 2.05) is 18.2 Å². The van der Waals surface area contributed by atoms with Gasteiger partial charge in [-0.3, -0.25) is 4.79 Å². The molecule has 0 saturated heterocycles. The summed E-state index contributed by atoms with van der Waals surface area (Å²) in [5.41, 5.74) is 6.95. The van der Waals surface area contributed by atoms with Gasteiger partial charge in [-0.05, 0) is 24.8 Å². The minimum absolute atomic E-state index is 0.0637. The lowest BCUT2D eigenvalue weighted by Gasteiger charge is -2.17. The van der Waals surface area contributed by atoms with Crippen molar-refractivity contribution in [1.82, 2.24) is 9.97 Å². The molecular weight excluding hydrogens is 264 g/mol. The van der Waals surface area contributed by atoms with Crippen LogP contribution in [-0.2, 0) is 6.42 Å². The lowest BCUT2D eigenvalue weighted by atomic mass is 10.1. The number of hydrogen-bond acceptors (Lipinski definition) is 4. The van der Waals surface area contributed by atoms with E-state index in [0.29, 0.717) is 18.3 Å². The van der Waals surface area contributed by atoms with Crippen LogP contribution in [0.4, 0.5) is 5.82 Å². The van der Waals surface area contributed by atoms with E-state index < -0.39 is 0 Å². The topological polar surface area (TPSA) is 83.8 Å². The molecule has 1 aromatic heterocycles. The Morgan fingerprint density at radius 2 is 2.10 bits per heavy atom. The van der Waals surface area contributed by atoms with E-state index >= 15 is 0 Å². The van der Waals surface area contributed by atoms with Crippen LogP contribution in [0.1, 0.15) is 30.1 Å². The Balaban J connectivity index is 1.73. The van der Waals surface area contributed by atoms with Crippen LogP contribution >= 0.6 is 0 Å². The Bertz CT molecular complexity index is 649. The second kappa shape index (κ2) is 6.10. The summed E-state index contributed by atoms with van der Waals surface area (Å²) in [6.07, 6.45) is 3.03. The largest absolute Gasteiger partial charge is 0.366 e. The Hall–Kier alpha value is -2.14. The van der Waals surface area contributed by atoms with E-state index in [-0.39, 0.29) is 11.6 Å². The maximum atomic E-state index is 11.7. The second-order valence-corrected chi connectivity index (χ2v) is 5.56. The van der Waals surface area contributed by atoms with Gasteiger partial charge in [0.25, 0.3) is 5.56 Å². The third-order valence-corrected chi connectivity index (χ3v) is 3.69. The fraction of sp³-hybridized carbons (Fsp3) is 0.375. The molecule has 1 fully saturated rings. The highest BCUT2D eigenvalue weighted by atomic mass is 16.1. The zero-order valence-corrected chi connectivity index (χ0v) is 11.9. The number of aromatic amines is 1. The molecule has 1 atom stereocenters. The molecule has 0 bridgehead atoms. The molecule has 1 aliphatic rings. The lowest BCUT2D eigenvalue weighted by molar-refractivity contribution is 0.716. The van der Waals surface area contributed by atoms with Gasteiger partial charge in [-0.2, -0.15) is 0 Å². The van der Waals surface area contributed by atoms with Gasteiger partial charge in [-0.25, -0.2) is 4.98 Å². The number of hydrogen-bond donors (Lipinski definition) is 3. The fourth-order valence-electron chi connectivity index (χ4n) is 2.40. The molecule has 1 heterocycles. The highest BCUT2D eigenvalue weighted by molar-refractivity contribution is 5.36. The first kappa shape index (κ1) is 13.8. The Morgan fingerprint density at radius 1 is 1.33 bits per heavy atom. The zero-order chi connectivity index (χ0) is 14.7. The maximum absolute atomic E-state index is 11.7. The summed E-state index contributed by atoms with van der Waals surface area (Å²) in [5.74, 6) is 1.83. The summed E-state index contributed by atoms with van der Waals surface area (Å²) in [5, 5.41) is 3.28. The number of aromatic nitrogens is 2. The summed E-state index contributed by atoms with van der Waals surface area (Å²) in [4.78, 5) is 19.0. The number of nitrogens with one attached hydrogen (secondary N) is 2. The van der Waals surface area contributed by atoms with Crippen LogP contribution in [0.5, 0.6) is 0 Å². The van der Waals surface area contributed by atoms with Crippen molar-refractivity contribution in [3.63, 3.8) is 0 Å². The van der Waals surface area contributed by atoms with Gasteiger partial charge in [0.2, 0.25) is 0 Å². The van der Waals surface area contributed by atoms with E-state index in [9.17, 15) is 4.79 Å². The average Bonchev–Trinajstić information content (AvgIpc) is 3.32. The summed E-state index contributed by atoms with van der Waals surface area (Å²) < 4.78 is 0. The number of anilines is 1. The molecule has 21 heavy (non-hydrogen) atoms. The van der Waals surface area contributed by atoms with Crippen molar-refractivity contribution in [2.45, 2.75) is 31.2 Å². The van der Waals surface area contributed by atoms with Crippen LogP contribution in [0.15, 0.2) is 41.2 Å². The molecule has 1 aromatic carbocycles. The number of H-pyrrole nitrogens is 1. The summed E-state index contributed by atoms with van der Waals surface area (Å²) in [7, 11) is 0. The summed E-state index contributed by atoms with van der Waals surface area (Å²) in [6, 6.07) is 11.7. The number of rotatable bonds is 6. The Kier molecular flexibility index (Phi) is 4.01. The third kappa shape index (κ3) is 3.70. The monoisotopic (exact) mass is 284 g/mol. The average molecular weight is 284 g/mol. The van der Waals surface area contributed by atoms with Crippen molar-refractivity contribution in [2.24, 2.45) is 5.73 Å². The minimum atomic E-state index is -0.107. The molecule has 0 amide bonds. The van der Waals surface area contributed by atoms with Gasteiger partial charge in [-0.1, -0.05) is 30.3 Å². The van der Waals surface area contributed by atoms with Crippen LogP contribution in [0.3, 0.4) is 0 Å². The molecule has 1 unspecified atom stereocenters. The first-order valence-corrected chi connectivity index (χ1v) is 7.36. The van der Waals surface area contributed by atoms with Crippen molar-refractivity contribution in [3.05, 3.63) is 58.1 Å². The molecule has 0 radical (unpaired) electrons. The van der Waals surface area contributed by atoms with Gasteiger partial charge in [0.15, 0.2) is 0 Å². The van der Waals surface area contributed by atoms with Gasteiger partial charge >= 0.3 is 0 Å². The predicted octanol–water partition coefficient (Wildman–Crippen LogP) is 1.63. The van der Waals surface area contributed by atoms with Gasteiger partial charge in [-0.15, -0.1) is 0 Å². The van der Waals surface area contributed by atoms with E-state index in [4.69, 9.17) is 5.73 Å². The summed E-state index contributed by atoms with van der Waals surface area (Å²) >= 11 is 0. The Morgan fingerprint density at radius 3 is 2.76 bits per heavy atom. The number of nitrogens with two attached hydrogens (primary N) is 1. The van der Waals surface area contributed by atoms with E-state index in [1.165, 1.54) is 11.6 Å². The van der Waals surface area contributed by atoms with Gasteiger partial charge in [0, 0.05) is 24.6 Å². The molecule has 4 N–H and O–H groups in total. The highest BCUT2D eigenvalue weighted by Crippen LogP contribution is 2.37. The normalized spacial score (nSPS) is 15.7.